The molecule has 0 radical (unpaired) electrons. The summed E-state index contributed by atoms with van der Waals surface area (Å²) in [7, 11) is 1.32. The van der Waals surface area contributed by atoms with Crippen LogP contribution in [0.15, 0.2) is 42.0 Å². The number of hydrogen-bond acceptors (Lipinski definition) is 5. The largest absolute Gasteiger partial charge is 0.504 e. The number of nitrogens with one attached hydrogen (secondary N) is 1. The van der Waals surface area contributed by atoms with Crippen molar-refractivity contribution in [3.63, 3.8) is 0 Å². The SMILES string of the molecule is COc1cc(C=C(C#N)C(=O)Nc2cccc(Cl)c2)cc(O)c1O. The predicted molar refractivity (Wildman–Crippen MR) is 90.0 cm³/mol. The van der Waals surface area contributed by atoms with Gasteiger partial charge >= 0.3 is 0 Å². The van der Waals surface area contributed by atoms with Crippen molar-refractivity contribution < 1.29 is 19.7 Å². The number of methoxy groups -OCH3 is 1. The molecule has 0 fully saturated rings. The second-order valence-electron chi connectivity index (χ2n) is 4.73. The van der Waals surface area contributed by atoms with Gasteiger partial charge in [-0.1, -0.05) is 17.7 Å². The summed E-state index contributed by atoms with van der Waals surface area (Å²) in [5.41, 5.74) is 0.571. The minimum Gasteiger partial charge on any atom is -0.504 e. The van der Waals surface area contributed by atoms with Crippen molar-refractivity contribution in [3.05, 3.63) is 52.6 Å². The van der Waals surface area contributed by atoms with Gasteiger partial charge in [-0.3, -0.25) is 4.79 Å². The lowest BCUT2D eigenvalue weighted by Crippen LogP contribution is -2.13. The number of phenols is 2. The van der Waals surface area contributed by atoms with Crippen molar-refractivity contribution in [3.8, 4) is 23.3 Å². The van der Waals surface area contributed by atoms with Crippen molar-refractivity contribution in [2.24, 2.45) is 0 Å². The molecule has 0 saturated heterocycles. The van der Waals surface area contributed by atoms with Crippen molar-refractivity contribution in [2.75, 3.05) is 12.4 Å². The van der Waals surface area contributed by atoms with Gasteiger partial charge in [-0.2, -0.15) is 5.26 Å². The molecule has 0 aliphatic rings. The first-order valence-corrected chi connectivity index (χ1v) is 7.11. The molecule has 0 aliphatic carbocycles. The third-order valence-corrected chi connectivity index (χ3v) is 3.29. The third-order valence-electron chi connectivity index (χ3n) is 3.06. The molecule has 0 heterocycles. The standard InChI is InChI=1S/C17H13ClN2O4/c1-24-15-7-10(6-14(21)16(15)22)5-11(9-19)17(23)20-13-4-2-3-12(18)8-13/h2-8,21-22H,1H3,(H,20,23). The molecule has 3 N–H and O–H groups in total. The number of rotatable bonds is 4. The molecule has 122 valence electrons. The highest BCUT2D eigenvalue weighted by atomic mass is 35.5. The van der Waals surface area contributed by atoms with E-state index in [2.05, 4.69) is 5.32 Å². The van der Waals surface area contributed by atoms with Crippen LogP contribution in [0.2, 0.25) is 5.02 Å². The van der Waals surface area contributed by atoms with E-state index < -0.39 is 17.4 Å². The van der Waals surface area contributed by atoms with Gasteiger partial charge in [0.1, 0.15) is 11.6 Å². The Hall–Kier alpha value is -3.17. The van der Waals surface area contributed by atoms with Crippen molar-refractivity contribution in [1.82, 2.24) is 0 Å². The number of anilines is 1. The Balaban J connectivity index is 2.31. The van der Waals surface area contributed by atoms with Gasteiger partial charge in [-0.25, -0.2) is 0 Å². The highest BCUT2D eigenvalue weighted by Crippen LogP contribution is 2.36. The fraction of sp³-hybridized carbons (Fsp3) is 0.0588. The molecule has 1 amide bonds. The fourth-order valence-corrected chi connectivity index (χ4v) is 2.12. The lowest BCUT2D eigenvalue weighted by molar-refractivity contribution is -0.112. The lowest BCUT2D eigenvalue weighted by atomic mass is 10.1. The molecule has 24 heavy (non-hydrogen) atoms. The van der Waals surface area contributed by atoms with E-state index >= 15 is 0 Å². The van der Waals surface area contributed by atoms with Crippen LogP contribution < -0.4 is 10.1 Å². The van der Waals surface area contributed by atoms with E-state index in [-0.39, 0.29) is 11.3 Å². The van der Waals surface area contributed by atoms with E-state index in [4.69, 9.17) is 16.3 Å². The van der Waals surface area contributed by atoms with Crippen molar-refractivity contribution >= 4 is 29.3 Å². The van der Waals surface area contributed by atoms with Gasteiger partial charge in [-0.15, -0.1) is 0 Å². The van der Waals surface area contributed by atoms with Gasteiger partial charge in [0.15, 0.2) is 11.5 Å². The number of nitriles is 1. The Morgan fingerprint density at radius 3 is 2.71 bits per heavy atom. The van der Waals surface area contributed by atoms with Gasteiger partial charge < -0.3 is 20.3 Å². The number of amides is 1. The van der Waals surface area contributed by atoms with E-state index in [1.165, 1.54) is 25.3 Å². The zero-order chi connectivity index (χ0) is 17.7. The second-order valence-corrected chi connectivity index (χ2v) is 5.16. The summed E-state index contributed by atoms with van der Waals surface area (Å²) < 4.78 is 4.91. The molecule has 0 spiro atoms. The number of benzene rings is 2. The summed E-state index contributed by atoms with van der Waals surface area (Å²) in [6, 6.07) is 10.9. The Morgan fingerprint density at radius 1 is 1.33 bits per heavy atom. The van der Waals surface area contributed by atoms with Gasteiger partial charge in [0, 0.05) is 10.7 Å². The average Bonchev–Trinajstić information content (AvgIpc) is 2.55. The molecule has 0 bridgehead atoms. The molecular weight excluding hydrogens is 332 g/mol. The van der Waals surface area contributed by atoms with Crippen LogP contribution in [0.25, 0.3) is 6.08 Å². The second kappa shape index (κ2) is 7.40. The Kier molecular flexibility index (Phi) is 5.30. The molecule has 6 nitrogen and oxygen atoms in total. The fourth-order valence-electron chi connectivity index (χ4n) is 1.93. The number of carbonyl (C=O) groups excluding carboxylic acids is 1. The summed E-state index contributed by atoms with van der Waals surface area (Å²) >= 11 is 5.84. The monoisotopic (exact) mass is 344 g/mol. The van der Waals surface area contributed by atoms with Crippen LogP contribution in [0, 0.1) is 11.3 Å². The number of carbonyl (C=O) groups is 1. The van der Waals surface area contributed by atoms with Crippen molar-refractivity contribution in [1.29, 1.82) is 5.26 Å². The maximum atomic E-state index is 12.2. The molecule has 2 aromatic rings. The number of ether oxygens (including phenoxy) is 1. The minimum absolute atomic E-state index is 0.0220. The summed E-state index contributed by atoms with van der Waals surface area (Å²) in [6.07, 6.45) is 1.27. The number of phenolic OH excluding ortho intramolecular Hbond substituents is 2. The maximum Gasteiger partial charge on any atom is 0.266 e. The molecule has 0 aromatic heterocycles. The van der Waals surface area contributed by atoms with Gasteiger partial charge in [0.25, 0.3) is 5.91 Å². The summed E-state index contributed by atoms with van der Waals surface area (Å²) in [4.78, 5) is 12.2. The summed E-state index contributed by atoms with van der Waals surface area (Å²) in [5.74, 6) is -1.45. The third kappa shape index (κ3) is 3.97. The molecule has 0 aliphatic heterocycles. The van der Waals surface area contributed by atoms with Crippen LogP contribution in [0.1, 0.15) is 5.56 Å². The molecule has 2 rings (SSSR count). The molecular formula is C17H13ClN2O4. The van der Waals surface area contributed by atoms with E-state index in [1.807, 2.05) is 0 Å². The number of hydrogen-bond donors (Lipinski definition) is 3. The first-order valence-electron chi connectivity index (χ1n) is 6.73. The van der Waals surface area contributed by atoms with Gasteiger partial charge in [0.05, 0.1) is 7.11 Å². The normalized spacial score (nSPS) is 10.8. The Bertz CT molecular complexity index is 856. The molecule has 0 saturated carbocycles. The molecule has 0 unspecified atom stereocenters. The van der Waals surface area contributed by atoms with Gasteiger partial charge in [0.2, 0.25) is 5.75 Å². The van der Waals surface area contributed by atoms with Crippen LogP contribution in [0.4, 0.5) is 5.69 Å². The highest BCUT2D eigenvalue weighted by molar-refractivity contribution is 6.31. The topological polar surface area (TPSA) is 103 Å². The predicted octanol–water partition coefficient (Wildman–Crippen LogP) is 3.31. The minimum atomic E-state index is -0.633. The first kappa shape index (κ1) is 17.2. The molecule has 7 heteroatoms. The van der Waals surface area contributed by atoms with Crippen molar-refractivity contribution in [2.45, 2.75) is 0 Å². The molecule has 2 aromatic carbocycles. The van der Waals surface area contributed by atoms with E-state index in [0.29, 0.717) is 16.3 Å². The lowest BCUT2D eigenvalue weighted by Gasteiger charge is -2.07. The number of halogens is 1. The first-order chi connectivity index (χ1) is 11.4. The maximum absolute atomic E-state index is 12.2. The smallest absolute Gasteiger partial charge is 0.266 e. The average molecular weight is 345 g/mol. The Morgan fingerprint density at radius 2 is 2.08 bits per heavy atom. The highest BCUT2D eigenvalue weighted by Gasteiger charge is 2.13. The van der Waals surface area contributed by atoms with Crippen LogP contribution in [0.5, 0.6) is 17.2 Å². The van der Waals surface area contributed by atoms with Crippen LogP contribution in [0.3, 0.4) is 0 Å². The van der Waals surface area contributed by atoms with E-state index in [9.17, 15) is 20.3 Å². The number of nitrogens with zero attached hydrogens (tertiary/aromatic N) is 1. The van der Waals surface area contributed by atoms with Crippen LogP contribution in [-0.2, 0) is 4.79 Å². The number of aromatic hydroxyl groups is 2. The summed E-state index contributed by atoms with van der Waals surface area (Å²) in [6.45, 7) is 0. The zero-order valence-corrected chi connectivity index (χ0v) is 13.3. The summed E-state index contributed by atoms with van der Waals surface area (Å²) in [5, 5.41) is 31.4. The zero-order valence-electron chi connectivity index (χ0n) is 12.6. The Labute approximate surface area is 143 Å². The van der Waals surface area contributed by atoms with E-state index in [0.717, 1.165) is 0 Å². The van der Waals surface area contributed by atoms with Crippen LogP contribution in [-0.4, -0.2) is 23.2 Å². The van der Waals surface area contributed by atoms with E-state index in [1.54, 1.807) is 30.3 Å². The van der Waals surface area contributed by atoms with Crippen LogP contribution >= 0.6 is 11.6 Å². The van der Waals surface area contributed by atoms with Gasteiger partial charge in [-0.05, 0) is 42.0 Å². The quantitative estimate of drug-likeness (QED) is 0.448. The molecule has 0 atom stereocenters.